The average Bonchev–Trinajstić information content (AvgIpc) is 2.25. The average molecular weight is 205 g/mol. The van der Waals surface area contributed by atoms with Crippen molar-refractivity contribution < 1.29 is 4.79 Å². The van der Waals surface area contributed by atoms with Crippen LogP contribution in [0, 0.1) is 0 Å². The van der Waals surface area contributed by atoms with Crippen molar-refractivity contribution in [3.05, 3.63) is 35.9 Å². The van der Waals surface area contributed by atoms with Crippen LogP contribution in [0.25, 0.3) is 0 Å². The van der Waals surface area contributed by atoms with Crippen LogP contribution >= 0.6 is 0 Å². The summed E-state index contributed by atoms with van der Waals surface area (Å²) in [5.41, 5.74) is 8.26. The first-order chi connectivity index (χ1) is 7.24. The zero-order valence-electron chi connectivity index (χ0n) is 8.68. The second-order valence-electron chi connectivity index (χ2n) is 3.18. The fraction of sp³-hybridized carbons (Fsp3) is 0.273. The largest absolute Gasteiger partial charge is 0.350 e. The second kappa shape index (κ2) is 5.80. The SMILES string of the molecule is CCC(C=NNC(N)=O)c1ccccc1. The Balaban J connectivity index is 2.64. The maximum atomic E-state index is 10.4. The van der Waals surface area contributed by atoms with Crippen LogP contribution in [0.1, 0.15) is 24.8 Å². The molecule has 15 heavy (non-hydrogen) atoms. The number of carbonyl (C=O) groups excluding carboxylic acids is 1. The smallest absolute Gasteiger partial charge is 0.332 e. The van der Waals surface area contributed by atoms with Gasteiger partial charge in [0.1, 0.15) is 0 Å². The minimum atomic E-state index is -0.644. The molecule has 0 fully saturated rings. The fourth-order valence-corrected chi connectivity index (χ4v) is 1.32. The number of hydrogen-bond acceptors (Lipinski definition) is 2. The highest BCUT2D eigenvalue weighted by Gasteiger charge is 2.04. The third-order valence-corrected chi connectivity index (χ3v) is 2.10. The van der Waals surface area contributed by atoms with Crippen LogP contribution in [0.3, 0.4) is 0 Å². The molecule has 0 spiro atoms. The van der Waals surface area contributed by atoms with E-state index >= 15 is 0 Å². The van der Waals surface area contributed by atoms with Crippen LogP contribution in [-0.4, -0.2) is 12.2 Å². The van der Waals surface area contributed by atoms with E-state index in [2.05, 4.69) is 17.5 Å². The van der Waals surface area contributed by atoms with Gasteiger partial charge in [0.2, 0.25) is 0 Å². The Labute approximate surface area is 89.2 Å². The lowest BCUT2D eigenvalue weighted by Gasteiger charge is -2.08. The Bertz CT molecular complexity index is 335. The van der Waals surface area contributed by atoms with Crippen molar-refractivity contribution >= 4 is 12.2 Å². The van der Waals surface area contributed by atoms with Crippen LogP contribution in [0.15, 0.2) is 35.4 Å². The van der Waals surface area contributed by atoms with Gasteiger partial charge in [0.05, 0.1) is 0 Å². The molecule has 4 heteroatoms. The zero-order valence-corrected chi connectivity index (χ0v) is 8.68. The molecule has 80 valence electrons. The van der Waals surface area contributed by atoms with E-state index in [9.17, 15) is 4.79 Å². The van der Waals surface area contributed by atoms with Crippen LogP contribution in [0.4, 0.5) is 4.79 Å². The van der Waals surface area contributed by atoms with Crippen molar-refractivity contribution in [3.63, 3.8) is 0 Å². The molecule has 1 atom stereocenters. The van der Waals surface area contributed by atoms with E-state index in [-0.39, 0.29) is 5.92 Å². The van der Waals surface area contributed by atoms with Crippen molar-refractivity contribution in [1.29, 1.82) is 0 Å². The highest BCUT2D eigenvalue weighted by Crippen LogP contribution is 2.16. The molecule has 0 saturated carbocycles. The summed E-state index contributed by atoms with van der Waals surface area (Å²) in [4.78, 5) is 10.4. The van der Waals surface area contributed by atoms with E-state index in [1.165, 1.54) is 5.56 Å². The first-order valence-corrected chi connectivity index (χ1v) is 4.87. The van der Waals surface area contributed by atoms with Crippen molar-refractivity contribution in [2.24, 2.45) is 10.8 Å². The number of urea groups is 1. The Morgan fingerprint density at radius 2 is 2.20 bits per heavy atom. The lowest BCUT2D eigenvalue weighted by atomic mass is 9.98. The molecule has 1 unspecified atom stereocenters. The monoisotopic (exact) mass is 205 g/mol. The van der Waals surface area contributed by atoms with Crippen molar-refractivity contribution in [2.45, 2.75) is 19.3 Å². The summed E-state index contributed by atoms with van der Waals surface area (Å²) < 4.78 is 0. The topological polar surface area (TPSA) is 67.5 Å². The lowest BCUT2D eigenvalue weighted by Crippen LogP contribution is -2.24. The predicted octanol–water partition coefficient (Wildman–Crippen LogP) is 1.83. The quantitative estimate of drug-likeness (QED) is 0.571. The number of primary amides is 1. The Hall–Kier alpha value is -1.84. The number of hydrazone groups is 1. The van der Waals surface area contributed by atoms with Crippen LogP contribution in [-0.2, 0) is 0 Å². The standard InChI is InChI=1S/C11H15N3O/c1-2-9(8-13-14-11(12)15)10-6-4-3-5-7-10/h3-9H,2H2,1H3,(H3,12,14,15). The summed E-state index contributed by atoms with van der Waals surface area (Å²) in [5.74, 6) is 0.207. The molecule has 3 N–H and O–H groups in total. The van der Waals surface area contributed by atoms with Gasteiger partial charge >= 0.3 is 6.03 Å². The molecule has 0 radical (unpaired) electrons. The molecule has 0 bridgehead atoms. The Morgan fingerprint density at radius 3 is 2.73 bits per heavy atom. The molecule has 1 aromatic rings. The van der Waals surface area contributed by atoms with Crippen LogP contribution in [0.5, 0.6) is 0 Å². The number of nitrogens with one attached hydrogen (secondary N) is 1. The molecule has 0 aromatic heterocycles. The van der Waals surface area contributed by atoms with Gasteiger partial charge in [0.15, 0.2) is 0 Å². The normalized spacial score (nSPS) is 12.6. The van der Waals surface area contributed by atoms with Gasteiger partial charge in [0.25, 0.3) is 0 Å². The maximum Gasteiger partial charge on any atom is 0.332 e. The summed E-state index contributed by atoms with van der Waals surface area (Å²) >= 11 is 0. The van der Waals surface area contributed by atoms with E-state index in [4.69, 9.17) is 5.73 Å². The van der Waals surface area contributed by atoms with Gasteiger partial charge in [-0.2, -0.15) is 5.10 Å². The Kier molecular flexibility index (Phi) is 4.34. The number of nitrogens with zero attached hydrogens (tertiary/aromatic N) is 1. The van der Waals surface area contributed by atoms with Crippen LogP contribution < -0.4 is 11.2 Å². The first kappa shape index (κ1) is 11.2. The molecule has 0 aliphatic rings. The molecular formula is C11H15N3O. The van der Waals surface area contributed by atoms with Gasteiger partial charge in [-0.05, 0) is 12.0 Å². The highest BCUT2D eigenvalue weighted by atomic mass is 16.2. The number of benzene rings is 1. The minimum absolute atomic E-state index is 0.207. The predicted molar refractivity (Wildman–Crippen MR) is 60.7 cm³/mol. The third-order valence-electron chi connectivity index (χ3n) is 2.10. The summed E-state index contributed by atoms with van der Waals surface area (Å²) in [7, 11) is 0. The summed E-state index contributed by atoms with van der Waals surface area (Å²) in [6.07, 6.45) is 2.62. The zero-order chi connectivity index (χ0) is 11.1. The van der Waals surface area contributed by atoms with Crippen molar-refractivity contribution in [2.75, 3.05) is 0 Å². The molecule has 0 heterocycles. The molecule has 4 nitrogen and oxygen atoms in total. The molecule has 1 aromatic carbocycles. The molecular weight excluding hydrogens is 190 g/mol. The fourth-order valence-electron chi connectivity index (χ4n) is 1.32. The van der Waals surface area contributed by atoms with E-state index in [0.717, 1.165) is 6.42 Å². The van der Waals surface area contributed by atoms with Gasteiger partial charge < -0.3 is 5.73 Å². The van der Waals surface area contributed by atoms with Gasteiger partial charge in [-0.1, -0.05) is 37.3 Å². The van der Waals surface area contributed by atoms with Gasteiger partial charge in [-0.25, -0.2) is 10.2 Å². The number of rotatable bonds is 4. The number of nitrogens with two attached hydrogens (primary N) is 1. The van der Waals surface area contributed by atoms with Crippen molar-refractivity contribution in [3.8, 4) is 0 Å². The first-order valence-electron chi connectivity index (χ1n) is 4.87. The molecule has 1 rings (SSSR count). The summed E-state index contributed by atoms with van der Waals surface area (Å²) in [5, 5.41) is 3.77. The molecule has 2 amide bonds. The summed E-state index contributed by atoms with van der Waals surface area (Å²) in [6.45, 7) is 2.06. The Morgan fingerprint density at radius 1 is 1.53 bits per heavy atom. The lowest BCUT2D eigenvalue weighted by molar-refractivity contribution is 0.249. The molecule has 0 aliphatic heterocycles. The van der Waals surface area contributed by atoms with E-state index < -0.39 is 6.03 Å². The van der Waals surface area contributed by atoms with Crippen molar-refractivity contribution in [1.82, 2.24) is 5.43 Å². The summed E-state index contributed by atoms with van der Waals surface area (Å²) in [6, 6.07) is 9.35. The minimum Gasteiger partial charge on any atom is -0.350 e. The highest BCUT2D eigenvalue weighted by molar-refractivity contribution is 5.74. The van der Waals surface area contributed by atoms with Gasteiger partial charge in [-0.3, -0.25) is 0 Å². The number of amides is 2. The third kappa shape index (κ3) is 3.81. The van der Waals surface area contributed by atoms with Gasteiger partial charge in [0, 0.05) is 12.1 Å². The van der Waals surface area contributed by atoms with Crippen LogP contribution in [0.2, 0.25) is 0 Å². The van der Waals surface area contributed by atoms with E-state index in [0.29, 0.717) is 0 Å². The molecule has 0 aliphatic carbocycles. The molecule has 0 saturated heterocycles. The number of hydrogen-bond donors (Lipinski definition) is 2. The van der Waals surface area contributed by atoms with Gasteiger partial charge in [-0.15, -0.1) is 0 Å². The maximum absolute atomic E-state index is 10.4. The van der Waals surface area contributed by atoms with E-state index in [1.807, 2.05) is 30.3 Å². The number of carbonyl (C=O) groups is 1. The van der Waals surface area contributed by atoms with E-state index in [1.54, 1.807) is 6.21 Å². The second-order valence-corrected chi connectivity index (χ2v) is 3.18.